The van der Waals surface area contributed by atoms with Gasteiger partial charge in [-0.2, -0.15) is 22.0 Å². The molecule has 1 aromatic rings. The number of rotatable bonds is 10. The lowest BCUT2D eigenvalue weighted by Crippen LogP contribution is -2.48. The van der Waals surface area contributed by atoms with E-state index in [1.54, 1.807) is 0 Å². The van der Waals surface area contributed by atoms with E-state index in [2.05, 4.69) is 14.2 Å². The smallest absolute Gasteiger partial charge is 0.456 e. The monoisotopic (exact) mass is 473 g/mol. The number of amides is 1. The van der Waals surface area contributed by atoms with E-state index in [9.17, 15) is 46.5 Å². The van der Waals surface area contributed by atoms with Crippen molar-refractivity contribution in [2.24, 2.45) is 0 Å². The molecule has 15 heteroatoms. The number of nitrogens with one attached hydrogen (secondary N) is 1. The molecule has 0 aliphatic rings. The summed E-state index contributed by atoms with van der Waals surface area (Å²) in [5, 5.41) is 13.0. The first-order valence-corrected chi connectivity index (χ1v) is 8.75. The topological polar surface area (TPSA) is 134 Å². The van der Waals surface area contributed by atoms with Gasteiger partial charge in [0.05, 0.1) is 18.1 Å². The molecule has 0 atom stereocenters. The molecule has 32 heavy (non-hydrogen) atoms. The van der Waals surface area contributed by atoms with E-state index in [0.29, 0.717) is 12.1 Å². The van der Waals surface area contributed by atoms with Crippen molar-refractivity contribution in [1.29, 1.82) is 0 Å². The maximum absolute atomic E-state index is 13.1. The lowest BCUT2D eigenvalue weighted by Gasteiger charge is -2.20. The minimum absolute atomic E-state index is 0.159. The molecule has 0 bridgehead atoms. The Morgan fingerprint density at radius 2 is 1.59 bits per heavy atom. The lowest BCUT2D eigenvalue weighted by molar-refractivity contribution is -0.386. The minimum Gasteiger partial charge on any atom is -0.480 e. The van der Waals surface area contributed by atoms with Gasteiger partial charge < -0.3 is 19.5 Å². The van der Waals surface area contributed by atoms with E-state index >= 15 is 0 Å². The number of benzene rings is 1. The van der Waals surface area contributed by atoms with Gasteiger partial charge in [0.25, 0.3) is 5.91 Å². The fourth-order valence-electron chi connectivity index (χ4n) is 2.05. The van der Waals surface area contributed by atoms with Crippen LogP contribution in [-0.4, -0.2) is 60.7 Å². The summed E-state index contributed by atoms with van der Waals surface area (Å²) in [6.07, 6.45) is -5.98. The summed E-state index contributed by atoms with van der Waals surface area (Å²) in [6.45, 7) is 0.217. The SMILES string of the molecule is CCOC(=O)C([15NH]C(=O)c1ccc([N+](=O)[O-])c(OCC(F)(F)C(F)(F)F)c1)C(=O)OCC. The molecule has 0 saturated carbocycles. The van der Waals surface area contributed by atoms with Crippen LogP contribution in [-0.2, 0) is 19.1 Å². The van der Waals surface area contributed by atoms with Crippen LogP contribution >= 0.6 is 0 Å². The molecule has 1 N–H and O–H groups in total. The molecule has 0 fully saturated rings. The van der Waals surface area contributed by atoms with Crippen molar-refractivity contribution < 1.29 is 55.5 Å². The number of hydrogen-bond donors (Lipinski definition) is 1. The number of nitro benzene ring substituents is 1. The molecule has 0 saturated heterocycles. The highest BCUT2D eigenvalue weighted by Gasteiger charge is 2.58. The summed E-state index contributed by atoms with van der Waals surface area (Å²) < 4.78 is 76.7. The quantitative estimate of drug-likeness (QED) is 0.137. The first-order chi connectivity index (χ1) is 14.7. The Hall–Kier alpha value is -3.52. The number of ether oxygens (including phenoxy) is 3. The number of carbonyl (C=O) groups is 3. The highest BCUT2D eigenvalue weighted by Crippen LogP contribution is 2.37. The van der Waals surface area contributed by atoms with Crippen molar-refractivity contribution in [1.82, 2.24) is 5.32 Å². The predicted molar refractivity (Wildman–Crippen MR) is 94.1 cm³/mol. The number of esters is 2. The van der Waals surface area contributed by atoms with Gasteiger partial charge in [0, 0.05) is 17.7 Å². The van der Waals surface area contributed by atoms with Crippen LogP contribution < -0.4 is 10.1 Å². The summed E-state index contributed by atoms with van der Waals surface area (Å²) in [4.78, 5) is 46.1. The maximum Gasteiger partial charge on any atom is 0.456 e. The van der Waals surface area contributed by atoms with Gasteiger partial charge in [0.15, 0.2) is 12.4 Å². The van der Waals surface area contributed by atoms with Crippen LogP contribution in [0.5, 0.6) is 5.75 Å². The number of carbonyl (C=O) groups excluding carboxylic acids is 3. The van der Waals surface area contributed by atoms with E-state index in [1.165, 1.54) is 13.8 Å². The summed E-state index contributed by atoms with van der Waals surface area (Å²) in [6, 6.07) is -0.0145. The molecule has 1 rings (SSSR count). The Kier molecular flexibility index (Phi) is 8.85. The normalized spacial score (nSPS) is 11.6. The van der Waals surface area contributed by atoms with E-state index in [0.717, 1.165) is 6.07 Å². The third-order valence-electron chi connectivity index (χ3n) is 3.56. The zero-order chi connectivity index (χ0) is 24.7. The van der Waals surface area contributed by atoms with Gasteiger partial charge in [-0.1, -0.05) is 0 Å². The van der Waals surface area contributed by atoms with Gasteiger partial charge in [0.2, 0.25) is 6.04 Å². The zero-order valence-corrected chi connectivity index (χ0v) is 16.5. The van der Waals surface area contributed by atoms with E-state index < -0.39 is 64.5 Å². The first kappa shape index (κ1) is 26.5. The van der Waals surface area contributed by atoms with Crippen molar-refractivity contribution in [2.45, 2.75) is 32.0 Å². The fourth-order valence-corrected chi connectivity index (χ4v) is 2.05. The average molecular weight is 473 g/mol. The Labute approximate surface area is 176 Å². The van der Waals surface area contributed by atoms with E-state index in [-0.39, 0.29) is 13.2 Å². The van der Waals surface area contributed by atoms with Crippen LogP contribution in [0.15, 0.2) is 18.2 Å². The highest BCUT2D eigenvalue weighted by molar-refractivity contribution is 6.05. The van der Waals surface area contributed by atoms with Gasteiger partial charge in [-0.3, -0.25) is 14.9 Å². The van der Waals surface area contributed by atoms with Crippen molar-refractivity contribution in [2.75, 3.05) is 19.8 Å². The molecular weight excluding hydrogens is 456 g/mol. The van der Waals surface area contributed by atoms with Crippen molar-refractivity contribution >= 4 is 23.5 Å². The van der Waals surface area contributed by atoms with Crippen LogP contribution in [0.3, 0.4) is 0 Å². The van der Waals surface area contributed by atoms with Crippen molar-refractivity contribution in [3.8, 4) is 5.75 Å². The van der Waals surface area contributed by atoms with E-state index in [1.807, 2.05) is 5.32 Å². The lowest BCUT2D eigenvalue weighted by atomic mass is 10.1. The van der Waals surface area contributed by atoms with Crippen molar-refractivity contribution in [3.63, 3.8) is 0 Å². The second-order valence-corrected chi connectivity index (χ2v) is 5.84. The summed E-state index contributed by atoms with van der Waals surface area (Å²) in [7, 11) is 0. The Bertz CT molecular complexity index is 857. The van der Waals surface area contributed by atoms with Crippen LogP contribution in [0.2, 0.25) is 0 Å². The molecule has 178 valence electrons. The third kappa shape index (κ3) is 6.75. The second kappa shape index (κ2) is 10.7. The number of halogens is 5. The third-order valence-corrected chi connectivity index (χ3v) is 3.56. The number of hydrogen-bond acceptors (Lipinski definition) is 8. The number of nitro groups is 1. The molecule has 0 radical (unpaired) electrons. The molecule has 0 spiro atoms. The van der Waals surface area contributed by atoms with Crippen molar-refractivity contribution in [3.05, 3.63) is 33.9 Å². The molecule has 0 aliphatic heterocycles. The predicted octanol–water partition coefficient (Wildman–Crippen LogP) is 2.40. The summed E-state index contributed by atoms with van der Waals surface area (Å²) in [5.74, 6) is -10.0. The molecule has 1 amide bonds. The standard InChI is InChI=1S/C17H17F5N2O8/c1-3-30-14(26)12(15(27)31-4-2)23-13(25)9-5-6-10(24(28)29)11(7-9)32-8-16(18,19)17(20,21)22/h5-7,12H,3-4,8H2,1-2H3,(H,23,25)/i23+1. The van der Waals surface area contributed by atoms with E-state index in [4.69, 9.17) is 0 Å². The second-order valence-electron chi connectivity index (χ2n) is 5.84. The molecule has 0 aromatic heterocycles. The average Bonchev–Trinajstić information content (AvgIpc) is 2.69. The molecule has 0 heterocycles. The summed E-state index contributed by atoms with van der Waals surface area (Å²) in [5.41, 5.74) is -1.56. The summed E-state index contributed by atoms with van der Waals surface area (Å²) >= 11 is 0. The molecule has 10 nitrogen and oxygen atoms in total. The number of alkyl halides is 5. The molecule has 0 unspecified atom stereocenters. The molecule has 0 aliphatic carbocycles. The highest BCUT2D eigenvalue weighted by atomic mass is 19.4. The van der Waals surface area contributed by atoms with Gasteiger partial charge in [-0.05, 0) is 19.9 Å². The van der Waals surface area contributed by atoms with Gasteiger partial charge in [0.1, 0.15) is 0 Å². The Morgan fingerprint density at radius 1 is 1.06 bits per heavy atom. The molecule has 1 aromatic carbocycles. The number of nitrogens with zero attached hydrogens (tertiary/aromatic N) is 1. The fraction of sp³-hybridized carbons (Fsp3) is 0.471. The first-order valence-electron chi connectivity index (χ1n) is 8.75. The van der Waals surface area contributed by atoms with Crippen LogP contribution in [0.4, 0.5) is 27.6 Å². The van der Waals surface area contributed by atoms with Gasteiger partial charge in [-0.25, -0.2) is 9.59 Å². The largest absolute Gasteiger partial charge is 0.480 e. The zero-order valence-electron chi connectivity index (χ0n) is 16.5. The maximum atomic E-state index is 13.1. The van der Waals surface area contributed by atoms with Crippen LogP contribution in [0.25, 0.3) is 0 Å². The minimum atomic E-state index is -5.98. The van der Waals surface area contributed by atoms with Crippen LogP contribution in [0, 0.1) is 10.1 Å². The van der Waals surface area contributed by atoms with Gasteiger partial charge in [-0.15, -0.1) is 0 Å². The van der Waals surface area contributed by atoms with Gasteiger partial charge >= 0.3 is 29.7 Å². The molecular formula is C17H17F5N2O8. The Balaban J connectivity index is 3.19. The van der Waals surface area contributed by atoms with Crippen LogP contribution in [0.1, 0.15) is 24.2 Å². The Morgan fingerprint density at radius 3 is 2.03 bits per heavy atom.